The Bertz CT molecular complexity index is 97.4. The van der Waals surface area contributed by atoms with Crippen LogP contribution in [0.15, 0.2) is 12.7 Å². The zero-order chi connectivity index (χ0) is 8.57. The number of hydrogen-bond acceptors (Lipinski definition) is 1. The lowest BCUT2D eigenvalue weighted by Crippen LogP contribution is -2.06. The Labute approximate surface area is 62.6 Å². The lowest BCUT2D eigenvalue weighted by atomic mass is 10.1. The lowest BCUT2D eigenvalue weighted by molar-refractivity contribution is -0.141. The highest BCUT2D eigenvalue weighted by Gasteiger charge is 2.05. The van der Waals surface area contributed by atoms with Gasteiger partial charge in [0.25, 0.3) is 0 Å². The van der Waals surface area contributed by atoms with E-state index in [-0.39, 0.29) is 5.92 Å². The van der Waals surface area contributed by atoms with Gasteiger partial charge >= 0.3 is 5.97 Å². The van der Waals surface area contributed by atoms with E-state index in [9.17, 15) is 4.79 Å². The second kappa shape index (κ2) is 8.21. The third kappa shape index (κ3) is 10.2. The number of carboxylic acids is 1. The summed E-state index contributed by atoms with van der Waals surface area (Å²) < 4.78 is 0. The third-order valence-corrected chi connectivity index (χ3v) is 1.03. The van der Waals surface area contributed by atoms with E-state index < -0.39 is 5.97 Å². The van der Waals surface area contributed by atoms with E-state index in [2.05, 4.69) is 6.58 Å². The molecule has 0 spiro atoms. The predicted molar refractivity (Wildman–Crippen MR) is 43.0 cm³/mol. The molecule has 0 aliphatic rings. The van der Waals surface area contributed by atoms with E-state index in [1.54, 1.807) is 13.0 Å². The highest BCUT2D eigenvalue weighted by atomic mass is 16.4. The monoisotopic (exact) mass is 144 g/mol. The minimum absolute atomic E-state index is 0.181. The van der Waals surface area contributed by atoms with Crippen LogP contribution in [0.2, 0.25) is 0 Å². The summed E-state index contributed by atoms with van der Waals surface area (Å²) in [6.45, 7) is 8.81. The van der Waals surface area contributed by atoms with Gasteiger partial charge in [-0.2, -0.15) is 0 Å². The predicted octanol–water partition coefficient (Wildman–Crippen LogP) is 2.31. The molecule has 0 radical (unpaired) electrons. The van der Waals surface area contributed by atoms with Crippen LogP contribution in [0.4, 0.5) is 0 Å². The van der Waals surface area contributed by atoms with E-state index in [1.165, 1.54) is 0 Å². The zero-order valence-electron chi connectivity index (χ0n) is 6.92. The number of allylic oxidation sites excluding steroid dienone is 1. The van der Waals surface area contributed by atoms with Crippen molar-refractivity contribution in [1.29, 1.82) is 0 Å². The van der Waals surface area contributed by atoms with E-state index >= 15 is 0 Å². The molecule has 0 fully saturated rings. The Hall–Kier alpha value is -0.790. The van der Waals surface area contributed by atoms with Gasteiger partial charge in [0.05, 0.1) is 5.92 Å². The van der Waals surface area contributed by atoms with E-state index in [0.29, 0.717) is 0 Å². The van der Waals surface area contributed by atoms with Crippen LogP contribution >= 0.6 is 0 Å². The van der Waals surface area contributed by atoms with Gasteiger partial charge in [0.1, 0.15) is 0 Å². The van der Waals surface area contributed by atoms with Crippen molar-refractivity contribution in [3.63, 3.8) is 0 Å². The number of carbonyl (C=O) groups is 1. The van der Waals surface area contributed by atoms with Crippen LogP contribution in [0.5, 0.6) is 0 Å². The SMILES string of the molecule is C=CC.CCC(C)C(=O)O. The van der Waals surface area contributed by atoms with Crippen molar-refractivity contribution >= 4 is 5.97 Å². The van der Waals surface area contributed by atoms with Crippen LogP contribution in [-0.4, -0.2) is 11.1 Å². The Morgan fingerprint density at radius 3 is 2.10 bits per heavy atom. The first-order valence-corrected chi connectivity index (χ1v) is 3.39. The van der Waals surface area contributed by atoms with Crippen molar-refractivity contribution < 1.29 is 9.90 Å². The molecule has 2 nitrogen and oxygen atoms in total. The van der Waals surface area contributed by atoms with Crippen molar-refractivity contribution in [3.05, 3.63) is 12.7 Å². The summed E-state index contributed by atoms with van der Waals surface area (Å²) in [6, 6.07) is 0. The van der Waals surface area contributed by atoms with Crippen molar-refractivity contribution in [1.82, 2.24) is 0 Å². The zero-order valence-corrected chi connectivity index (χ0v) is 6.92. The Morgan fingerprint density at radius 2 is 2.10 bits per heavy atom. The van der Waals surface area contributed by atoms with Crippen LogP contribution in [-0.2, 0) is 4.79 Å². The highest BCUT2D eigenvalue weighted by molar-refractivity contribution is 5.69. The second-order valence-corrected chi connectivity index (χ2v) is 2.06. The summed E-state index contributed by atoms with van der Waals surface area (Å²) in [5.74, 6) is -0.887. The Morgan fingerprint density at radius 1 is 1.80 bits per heavy atom. The van der Waals surface area contributed by atoms with Crippen molar-refractivity contribution in [2.75, 3.05) is 0 Å². The molecule has 0 bridgehead atoms. The van der Waals surface area contributed by atoms with Gasteiger partial charge in [0.15, 0.2) is 0 Å². The summed E-state index contributed by atoms with van der Waals surface area (Å²) in [5, 5.41) is 8.18. The fourth-order valence-corrected chi connectivity index (χ4v) is 0.175. The molecule has 0 saturated carbocycles. The lowest BCUT2D eigenvalue weighted by Gasteiger charge is -1.96. The van der Waals surface area contributed by atoms with Crippen LogP contribution in [0.3, 0.4) is 0 Å². The summed E-state index contributed by atoms with van der Waals surface area (Å²) in [6.07, 6.45) is 2.47. The van der Waals surface area contributed by atoms with Gasteiger partial charge in [0, 0.05) is 0 Å². The van der Waals surface area contributed by atoms with Crippen LogP contribution < -0.4 is 0 Å². The molecule has 1 atom stereocenters. The average Bonchev–Trinajstić information content (AvgIpc) is 1.88. The van der Waals surface area contributed by atoms with Gasteiger partial charge in [-0.3, -0.25) is 4.79 Å². The molecule has 0 amide bonds. The fourth-order valence-electron chi connectivity index (χ4n) is 0.175. The maximum Gasteiger partial charge on any atom is 0.306 e. The standard InChI is InChI=1S/C5H10O2.C3H6/c1-3-4(2)5(6)7;1-3-2/h4H,3H2,1-2H3,(H,6,7);3H,1H2,2H3. The largest absolute Gasteiger partial charge is 0.481 e. The first-order valence-electron chi connectivity index (χ1n) is 3.39. The van der Waals surface area contributed by atoms with Gasteiger partial charge < -0.3 is 5.11 Å². The van der Waals surface area contributed by atoms with E-state index in [1.807, 2.05) is 13.8 Å². The van der Waals surface area contributed by atoms with Gasteiger partial charge in [0.2, 0.25) is 0 Å². The minimum atomic E-state index is -0.706. The smallest absolute Gasteiger partial charge is 0.306 e. The molecular weight excluding hydrogens is 128 g/mol. The van der Waals surface area contributed by atoms with Gasteiger partial charge in [-0.15, -0.1) is 6.58 Å². The van der Waals surface area contributed by atoms with Gasteiger partial charge in [-0.25, -0.2) is 0 Å². The van der Waals surface area contributed by atoms with Crippen molar-refractivity contribution in [3.8, 4) is 0 Å². The molecule has 0 rings (SSSR count). The second-order valence-electron chi connectivity index (χ2n) is 2.06. The number of rotatable bonds is 2. The van der Waals surface area contributed by atoms with E-state index in [4.69, 9.17) is 5.11 Å². The van der Waals surface area contributed by atoms with Gasteiger partial charge in [-0.1, -0.05) is 19.9 Å². The molecule has 0 aromatic carbocycles. The average molecular weight is 144 g/mol. The van der Waals surface area contributed by atoms with Gasteiger partial charge in [-0.05, 0) is 13.3 Å². The van der Waals surface area contributed by atoms with E-state index in [0.717, 1.165) is 6.42 Å². The molecule has 1 N–H and O–H groups in total. The maximum absolute atomic E-state index is 9.93. The Kier molecular flexibility index (Phi) is 9.80. The summed E-state index contributed by atoms with van der Waals surface area (Å²) in [7, 11) is 0. The molecule has 2 heteroatoms. The number of carboxylic acid groups (broad SMARTS) is 1. The van der Waals surface area contributed by atoms with Crippen molar-refractivity contribution in [2.24, 2.45) is 5.92 Å². The van der Waals surface area contributed by atoms with Crippen LogP contribution in [0, 0.1) is 5.92 Å². The summed E-state index contributed by atoms with van der Waals surface area (Å²) >= 11 is 0. The highest BCUT2D eigenvalue weighted by Crippen LogP contribution is 1.97. The normalized spacial score (nSPS) is 10.7. The molecule has 0 aliphatic carbocycles. The molecule has 0 saturated heterocycles. The number of aliphatic carboxylic acids is 1. The number of hydrogen-bond donors (Lipinski definition) is 1. The molecule has 0 aliphatic heterocycles. The van der Waals surface area contributed by atoms with Crippen LogP contribution in [0.25, 0.3) is 0 Å². The van der Waals surface area contributed by atoms with Crippen LogP contribution in [0.1, 0.15) is 27.2 Å². The topological polar surface area (TPSA) is 37.3 Å². The summed E-state index contributed by atoms with van der Waals surface area (Å²) in [4.78, 5) is 9.93. The minimum Gasteiger partial charge on any atom is -0.481 e. The molecule has 0 aromatic heterocycles. The Balaban J connectivity index is 0. The molecule has 0 aromatic rings. The fraction of sp³-hybridized carbons (Fsp3) is 0.625. The maximum atomic E-state index is 9.93. The molecule has 60 valence electrons. The van der Waals surface area contributed by atoms with Crippen molar-refractivity contribution in [2.45, 2.75) is 27.2 Å². The molecule has 1 unspecified atom stereocenters. The quantitative estimate of drug-likeness (QED) is 0.604. The first-order chi connectivity index (χ1) is 4.59. The molecule has 10 heavy (non-hydrogen) atoms. The molecule has 0 heterocycles. The third-order valence-electron chi connectivity index (χ3n) is 1.03. The molecular formula is C8H16O2. The first kappa shape index (κ1) is 11.9. The summed E-state index contributed by atoms with van der Waals surface area (Å²) in [5.41, 5.74) is 0.